The third-order valence-electron chi connectivity index (χ3n) is 1.25. The number of nitrogens with two attached hydrogens (primary N) is 1. The molecule has 2 N–H and O–H groups in total. The highest BCUT2D eigenvalue weighted by Crippen LogP contribution is 1.97. The second-order valence-corrected chi connectivity index (χ2v) is 2.01. The van der Waals surface area contributed by atoms with Crippen LogP contribution in [0, 0.1) is 0 Å². The summed E-state index contributed by atoms with van der Waals surface area (Å²) in [5.74, 6) is 4.64. The Morgan fingerprint density at radius 3 is 2.55 bits per heavy atom. The SMILES string of the molecule is N/N=C/C(=O)c1ccccc1. The van der Waals surface area contributed by atoms with Gasteiger partial charge in [0.2, 0.25) is 5.78 Å². The van der Waals surface area contributed by atoms with Crippen molar-refractivity contribution in [3.8, 4) is 0 Å². The molecule has 0 saturated heterocycles. The van der Waals surface area contributed by atoms with Crippen molar-refractivity contribution >= 4 is 12.0 Å². The summed E-state index contributed by atoms with van der Waals surface area (Å²) in [7, 11) is 0. The highest BCUT2D eigenvalue weighted by atomic mass is 16.1. The molecule has 1 rings (SSSR count). The van der Waals surface area contributed by atoms with Gasteiger partial charge < -0.3 is 5.84 Å². The first kappa shape index (κ1) is 7.47. The third kappa shape index (κ3) is 1.89. The molecule has 11 heavy (non-hydrogen) atoms. The molecule has 0 aliphatic carbocycles. The Kier molecular flexibility index (Phi) is 2.38. The number of hydrazone groups is 1. The largest absolute Gasteiger partial charge is 0.323 e. The molecule has 0 spiro atoms. The Bertz CT molecular complexity index is 267. The van der Waals surface area contributed by atoms with Gasteiger partial charge in [-0.3, -0.25) is 4.79 Å². The lowest BCUT2D eigenvalue weighted by Gasteiger charge is -1.90. The van der Waals surface area contributed by atoms with Gasteiger partial charge in [0.25, 0.3) is 0 Å². The zero-order valence-electron chi connectivity index (χ0n) is 5.90. The molecule has 1 aromatic carbocycles. The minimum absolute atomic E-state index is 0.173. The maximum atomic E-state index is 11.0. The average molecular weight is 148 g/mol. The zero-order chi connectivity index (χ0) is 8.10. The first-order valence-corrected chi connectivity index (χ1v) is 3.17. The number of nitrogens with zero attached hydrogens (tertiary/aromatic N) is 1. The number of hydrogen-bond acceptors (Lipinski definition) is 3. The number of carbonyl (C=O) groups excluding carboxylic acids is 1. The lowest BCUT2D eigenvalue weighted by atomic mass is 10.1. The second-order valence-electron chi connectivity index (χ2n) is 2.01. The van der Waals surface area contributed by atoms with Gasteiger partial charge in [0.1, 0.15) is 0 Å². The van der Waals surface area contributed by atoms with Crippen molar-refractivity contribution in [3.05, 3.63) is 35.9 Å². The van der Waals surface area contributed by atoms with E-state index in [9.17, 15) is 4.79 Å². The van der Waals surface area contributed by atoms with Gasteiger partial charge in [0.05, 0.1) is 6.21 Å². The Morgan fingerprint density at radius 1 is 1.36 bits per heavy atom. The number of carbonyl (C=O) groups is 1. The van der Waals surface area contributed by atoms with Crippen LogP contribution in [0.2, 0.25) is 0 Å². The van der Waals surface area contributed by atoms with Crippen LogP contribution in [0.4, 0.5) is 0 Å². The highest BCUT2D eigenvalue weighted by molar-refractivity contribution is 6.35. The quantitative estimate of drug-likeness (QED) is 0.292. The van der Waals surface area contributed by atoms with Gasteiger partial charge in [0.15, 0.2) is 0 Å². The second kappa shape index (κ2) is 3.51. The molecular formula is C8H8N2O. The highest BCUT2D eigenvalue weighted by Gasteiger charge is 1.98. The molecule has 0 radical (unpaired) electrons. The monoisotopic (exact) mass is 148 g/mol. The van der Waals surface area contributed by atoms with Crippen LogP contribution in [-0.2, 0) is 0 Å². The van der Waals surface area contributed by atoms with E-state index in [2.05, 4.69) is 5.10 Å². The van der Waals surface area contributed by atoms with Crippen LogP contribution in [0.1, 0.15) is 10.4 Å². The summed E-state index contributed by atoms with van der Waals surface area (Å²) in [6.45, 7) is 0. The number of rotatable bonds is 2. The molecule has 3 heteroatoms. The minimum Gasteiger partial charge on any atom is -0.323 e. The molecule has 0 bridgehead atoms. The minimum atomic E-state index is -0.173. The van der Waals surface area contributed by atoms with E-state index in [0.29, 0.717) is 5.56 Å². The van der Waals surface area contributed by atoms with Crippen LogP contribution in [0.25, 0.3) is 0 Å². The fraction of sp³-hybridized carbons (Fsp3) is 0. The van der Waals surface area contributed by atoms with Crippen LogP contribution < -0.4 is 5.84 Å². The normalized spacial score (nSPS) is 10.2. The molecule has 0 heterocycles. The first-order valence-electron chi connectivity index (χ1n) is 3.17. The Balaban J connectivity index is 2.86. The first-order chi connectivity index (χ1) is 5.34. The molecule has 3 nitrogen and oxygen atoms in total. The fourth-order valence-corrected chi connectivity index (χ4v) is 0.745. The van der Waals surface area contributed by atoms with E-state index in [4.69, 9.17) is 5.84 Å². The van der Waals surface area contributed by atoms with Crippen LogP contribution in [0.5, 0.6) is 0 Å². The molecule has 0 aliphatic heterocycles. The molecule has 0 aliphatic rings. The van der Waals surface area contributed by atoms with E-state index in [-0.39, 0.29) is 5.78 Å². The molecule has 0 saturated carbocycles. The van der Waals surface area contributed by atoms with Gasteiger partial charge in [-0.2, -0.15) is 5.10 Å². The van der Waals surface area contributed by atoms with Gasteiger partial charge >= 0.3 is 0 Å². The molecular weight excluding hydrogens is 140 g/mol. The Labute approximate surface area is 64.5 Å². The predicted molar refractivity (Wildman–Crippen MR) is 43.5 cm³/mol. The van der Waals surface area contributed by atoms with Crippen LogP contribution in [-0.4, -0.2) is 12.0 Å². The average Bonchev–Trinajstić information content (AvgIpc) is 2.07. The fourth-order valence-electron chi connectivity index (χ4n) is 0.745. The molecule has 0 atom stereocenters. The van der Waals surface area contributed by atoms with E-state index in [1.165, 1.54) is 0 Å². The maximum Gasteiger partial charge on any atom is 0.205 e. The van der Waals surface area contributed by atoms with Crippen molar-refractivity contribution in [1.82, 2.24) is 0 Å². The van der Waals surface area contributed by atoms with Crippen molar-refractivity contribution in [1.29, 1.82) is 0 Å². The van der Waals surface area contributed by atoms with Gasteiger partial charge in [-0.1, -0.05) is 30.3 Å². The third-order valence-corrected chi connectivity index (χ3v) is 1.25. The molecule has 0 amide bonds. The molecule has 0 fully saturated rings. The van der Waals surface area contributed by atoms with Crippen molar-refractivity contribution in [3.63, 3.8) is 0 Å². The van der Waals surface area contributed by atoms with Crippen molar-refractivity contribution in [2.24, 2.45) is 10.9 Å². The van der Waals surface area contributed by atoms with Gasteiger partial charge in [-0.15, -0.1) is 0 Å². The maximum absolute atomic E-state index is 11.0. The van der Waals surface area contributed by atoms with Gasteiger partial charge in [0, 0.05) is 5.56 Å². The number of hydrogen-bond donors (Lipinski definition) is 1. The lowest BCUT2D eigenvalue weighted by Crippen LogP contribution is -2.01. The summed E-state index contributed by atoms with van der Waals surface area (Å²) in [4.78, 5) is 11.0. The standard InChI is InChI=1S/C8H8N2O/c9-10-6-8(11)7-4-2-1-3-5-7/h1-6H,9H2/b10-6+. The number of benzene rings is 1. The van der Waals surface area contributed by atoms with Crippen LogP contribution >= 0.6 is 0 Å². The molecule has 0 unspecified atom stereocenters. The van der Waals surface area contributed by atoms with Crippen molar-refractivity contribution < 1.29 is 4.79 Å². The number of ketones is 1. The van der Waals surface area contributed by atoms with Crippen molar-refractivity contribution in [2.45, 2.75) is 0 Å². The molecule has 0 aromatic heterocycles. The van der Waals surface area contributed by atoms with E-state index >= 15 is 0 Å². The zero-order valence-corrected chi connectivity index (χ0v) is 5.90. The summed E-state index contributed by atoms with van der Waals surface area (Å²) in [6, 6.07) is 8.85. The van der Waals surface area contributed by atoms with Gasteiger partial charge in [-0.05, 0) is 0 Å². The molecule has 56 valence electrons. The predicted octanol–water partition coefficient (Wildman–Crippen LogP) is 0.814. The van der Waals surface area contributed by atoms with E-state index in [0.717, 1.165) is 6.21 Å². The summed E-state index contributed by atoms with van der Waals surface area (Å²) < 4.78 is 0. The van der Waals surface area contributed by atoms with E-state index < -0.39 is 0 Å². The summed E-state index contributed by atoms with van der Waals surface area (Å²) >= 11 is 0. The Hall–Kier alpha value is -1.64. The van der Waals surface area contributed by atoms with E-state index in [1.54, 1.807) is 24.3 Å². The molecule has 1 aromatic rings. The lowest BCUT2D eigenvalue weighted by molar-refractivity contribution is 0.107. The number of Topliss-reactive ketones (excluding diaryl/α,β-unsaturated/α-hetero) is 1. The summed E-state index contributed by atoms with van der Waals surface area (Å²) in [5, 5.41) is 3.14. The summed E-state index contributed by atoms with van der Waals surface area (Å²) in [5.41, 5.74) is 0.599. The van der Waals surface area contributed by atoms with Crippen LogP contribution in [0.15, 0.2) is 35.4 Å². The Morgan fingerprint density at radius 2 is 2.00 bits per heavy atom. The topological polar surface area (TPSA) is 55.4 Å². The van der Waals surface area contributed by atoms with Crippen LogP contribution in [0.3, 0.4) is 0 Å². The summed E-state index contributed by atoms with van der Waals surface area (Å²) in [6.07, 6.45) is 1.09. The van der Waals surface area contributed by atoms with Crippen molar-refractivity contribution in [2.75, 3.05) is 0 Å². The van der Waals surface area contributed by atoms with Gasteiger partial charge in [-0.25, -0.2) is 0 Å². The smallest absolute Gasteiger partial charge is 0.205 e. The van der Waals surface area contributed by atoms with E-state index in [1.807, 2.05) is 6.07 Å².